The number of carbonyl (C=O) groups is 4. The molecule has 0 rings (SSSR count). The topological polar surface area (TPSA) is 235 Å². The Kier molecular flexibility index (Phi) is 12.7. The van der Waals surface area contributed by atoms with Crippen molar-refractivity contribution >= 4 is 29.7 Å². The third-order valence-electron chi connectivity index (χ3n) is 4.37. The highest BCUT2D eigenvalue weighted by Crippen LogP contribution is 2.10. The maximum Gasteiger partial charge on any atom is 0.326 e. The Labute approximate surface area is 174 Å². The molecule has 11 N–H and O–H groups in total. The third kappa shape index (κ3) is 10.0. The largest absolute Gasteiger partial charge is 0.480 e. The number of hydrogen-bond donors (Lipinski definition) is 8. The van der Waals surface area contributed by atoms with Crippen LogP contribution in [-0.4, -0.2) is 77.7 Å². The zero-order chi connectivity index (χ0) is 23.3. The average molecular weight is 431 g/mol. The average Bonchev–Trinajstić information content (AvgIpc) is 2.70. The van der Waals surface area contributed by atoms with Gasteiger partial charge in [0.25, 0.3) is 0 Å². The Morgan fingerprint density at radius 3 is 2.13 bits per heavy atom. The highest BCUT2D eigenvalue weighted by Gasteiger charge is 2.31. The molecule has 0 saturated carbocycles. The Hall–Kier alpha value is -2.93. The van der Waals surface area contributed by atoms with E-state index in [2.05, 4.69) is 20.9 Å². The summed E-state index contributed by atoms with van der Waals surface area (Å²) in [4.78, 5) is 51.7. The van der Waals surface area contributed by atoms with Gasteiger partial charge in [0.05, 0.1) is 13.2 Å². The molecule has 0 aromatic carbocycles. The smallest absolute Gasteiger partial charge is 0.326 e. The number of carboxylic acids is 1. The SMILES string of the molecule is CCC(C)C(NC(=O)C(CO)NC(=O)CN)C(=O)NC(CCCN=C(N)N)C(=O)O. The Bertz CT molecular complexity index is 624. The molecule has 13 heteroatoms. The number of rotatable bonds is 14. The number of aliphatic carboxylic acids is 1. The lowest BCUT2D eigenvalue weighted by atomic mass is 9.97. The molecule has 13 nitrogen and oxygen atoms in total. The van der Waals surface area contributed by atoms with E-state index in [9.17, 15) is 29.4 Å². The molecule has 0 heterocycles. The maximum atomic E-state index is 12.7. The van der Waals surface area contributed by atoms with E-state index in [1.165, 1.54) is 0 Å². The first kappa shape index (κ1) is 27.1. The first-order valence-corrected chi connectivity index (χ1v) is 9.56. The van der Waals surface area contributed by atoms with Crippen LogP contribution >= 0.6 is 0 Å². The van der Waals surface area contributed by atoms with Crippen LogP contribution in [0.15, 0.2) is 4.99 Å². The molecule has 0 radical (unpaired) electrons. The lowest BCUT2D eigenvalue weighted by Crippen LogP contribution is -2.58. The highest BCUT2D eigenvalue weighted by molar-refractivity contribution is 5.93. The number of nitrogens with zero attached hydrogens (tertiary/aromatic N) is 1. The van der Waals surface area contributed by atoms with E-state index < -0.39 is 48.4 Å². The first-order valence-electron chi connectivity index (χ1n) is 9.56. The van der Waals surface area contributed by atoms with Gasteiger partial charge in [0.15, 0.2) is 5.96 Å². The van der Waals surface area contributed by atoms with E-state index in [-0.39, 0.29) is 31.4 Å². The second kappa shape index (κ2) is 14.1. The number of nitrogens with two attached hydrogens (primary N) is 3. The van der Waals surface area contributed by atoms with Crippen molar-refractivity contribution in [2.45, 2.75) is 51.2 Å². The molecule has 0 spiro atoms. The van der Waals surface area contributed by atoms with Crippen LogP contribution in [0.1, 0.15) is 33.1 Å². The molecule has 3 amide bonds. The monoisotopic (exact) mass is 431 g/mol. The van der Waals surface area contributed by atoms with E-state index >= 15 is 0 Å². The van der Waals surface area contributed by atoms with Crippen molar-refractivity contribution in [3.05, 3.63) is 0 Å². The highest BCUT2D eigenvalue weighted by atomic mass is 16.4. The summed E-state index contributed by atoms with van der Waals surface area (Å²) in [7, 11) is 0. The summed E-state index contributed by atoms with van der Waals surface area (Å²) in [6, 6.07) is -3.58. The van der Waals surface area contributed by atoms with E-state index in [0.717, 1.165) is 0 Å². The number of aliphatic hydroxyl groups excluding tert-OH is 1. The van der Waals surface area contributed by atoms with Gasteiger partial charge in [-0.05, 0) is 18.8 Å². The van der Waals surface area contributed by atoms with Crippen molar-refractivity contribution in [3.63, 3.8) is 0 Å². The van der Waals surface area contributed by atoms with Gasteiger partial charge in [-0.15, -0.1) is 0 Å². The molecule has 4 unspecified atom stereocenters. The van der Waals surface area contributed by atoms with Gasteiger partial charge in [0.1, 0.15) is 18.1 Å². The number of nitrogens with one attached hydrogen (secondary N) is 3. The zero-order valence-electron chi connectivity index (χ0n) is 17.3. The molecule has 4 atom stereocenters. The Morgan fingerprint density at radius 2 is 1.67 bits per heavy atom. The number of carbonyl (C=O) groups excluding carboxylic acids is 3. The normalized spacial score (nSPS) is 14.5. The van der Waals surface area contributed by atoms with Gasteiger partial charge in [-0.1, -0.05) is 20.3 Å². The summed E-state index contributed by atoms with van der Waals surface area (Å²) in [5, 5.41) is 25.8. The number of aliphatic imine (C=N–C) groups is 1. The second-order valence-electron chi connectivity index (χ2n) is 6.73. The second-order valence-corrected chi connectivity index (χ2v) is 6.73. The van der Waals surface area contributed by atoms with Gasteiger partial charge in [0, 0.05) is 6.54 Å². The van der Waals surface area contributed by atoms with Crippen LogP contribution in [0.5, 0.6) is 0 Å². The molecule has 0 aromatic heterocycles. The molecule has 0 aliphatic rings. The number of guanidine groups is 1. The van der Waals surface area contributed by atoms with Gasteiger partial charge in [0.2, 0.25) is 17.7 Å². The van der Waals surface area contributed by atoms with Crippen LogP contribution in [0.25, 0.3) is 0 Å². The maximum absolute atomic E-state index is 12.7. The number of amides is 3. The van der Waals surface area contributed by atoms with Gasteiger partial charge in [-0.25, -0.2) is 4.79 Å². The summed E-state index contributed by atoms with van der Waals surface area (Å²) < 4.78 is 0. The minimum Gasteiger partial charge on any atom is -0.480 e. The summed E-state index contributed by atoms with van der Waals surface area (Å²) in [5.74, 6) is -3.86. The number of hydrogen-bond acceptors (Lipinski definition) is 7. The van der Waals surface area contributed by atoms with E-state index in [4.69, 9.17) is 17.2 Å². The predicted octanol–water partition coefficient (Wildman–Crippen LogP) is -3.42. The third-order valence-corrected chi connectivity index (χ3v) is 4.37. The molecule has 0 saturated heterocycles. The predicted molar refractivity (Wildman–Crippen MR) is 109 cm³/mol. The molecular weight excluding hydrogens is 398 g/mol. The summed E-state index contributed by atoms with van der Waals surface area (Å²) >= 11 is 0. The number of carboxylic acid groups (broad SMARTS) is 1. The van der Waals surface area contributed by atoms with Crippen LogP contribution in [-0.2, 0) is 19.2 Å². The van der Waals surface area contributed by atoms with Crippen LogP contribution in [0.3, 0.4) is 0 Å². The van der Waals surface area contributed by atoms with Gasteiger partial charge in [-0.2, -0.15) is 0 Å². The van der Waals surface area contributed by atoms with Crippen molar-refractivity contribution in [2.24, 2.45) is 28.1 Å². The van der Waals surface area contributed by atoms with Crippen LogP contribution in [0, 0.1) is 5.92 Å². The summed E-state index contributed by atoms with van der Waals surface area (Å²) in [6.07, 6.45) is 0.887. The lowest BCUT2D eigenvalue weighted by Gasteiger charge is -2.27. The Morgan fingerprint density at radius 1 is 1.03 bits per heavy atom. The fraction of sp³-hybridized carbons (Fsp3) is 0.706. The van der Waals surface area contributed by atoms with Crippen LogP contribution in [0.2, 0.25) is 0 Å². The van der Waals surface area contributed by atoms with Crippen molar-refractivity contribution in [2.75, 3.05) is 19.7 Å². The molecule has 0 bridgehead atoms. The zero-order valence-corrected chi connectivity index (χ0v) is 17.3. The van der Waals surface area contributed by atoms with E-state index in [1.54, 1.807) is 13.8 Å². The fourth-order valence-corrected chi connectivity index (χ4v) is 2.43. The molecule has 0 fully saturated rings. The van der Waals surface area contributed by atoms with Gasteiger partial charge in [-0.3, -0.25) is 19.4 Å². The van der Waals surface area contributed by atoms with Gasteiger partial charge >= 0.3 is 5.97 Å². The fourth-order valence-electron chi connectivity index (χ4n) is 2.43. The molecule has 30 heavy (non-hydrogen) atoms. The summed E-state index contributed by atoms with van der Waals surface area (Å²) in [5.41, 5.74) is 15.6. The first-order chi connectivity index (χ1) is 14.1. The summed E-state index contributed by atoms with van der Waals surface area (Å²) in [6.45, 7) is 2.62. The molecule has 0 aliphatic heterocycles. The van der Waals surface area contributed by atoms with Crippen molar-refractivity contribution in [1.29, 1.82) is 0 Å². The number of aliphatic hydroxyl groups is 1. The Balaban J connectivity index is 5.19. The van der Waals surface area contributed by atoms with Crippen molar-refractivity contribution in [3.8, 4) is 0 Å². The minimum atomic E-state index is -1.30. The van der Waals surface area contributed by atoms with Crippen molar-refractivity contribution in [1.82, 2.24) is 16.0 Å². The lowest BCUT2D eigenvalue weighted by molar-refractivity contribution is -0.143. The molecule has 172 valence electrons. The van der Waals surface area contributed by atoms with Crippen LogP contribution in [0.4, 0.5) is 0 Å². The molecular formula is C17H33N7O6. The quantitative estimate of drug-likeness (QED) is 0.0775. The van der Waals surface area contributed by atoms with E-state index in [0.29, 0.717) is 12.8 Å². The van der Waals surface area contributed by atoms with Crippen LogP contribution < -0.4 is 33.2 Å². The van der Waals surface area contributed by atoms with E-state index in [1.807, 2.05) is 0 Å². The standard InChI is InChI=1S/C17H33N7O6/c1-3-9(2)13(24-14(27)11(8-25)22-12(26)7-18)15(28)23-10(16(29)30)5-4-6-21-17(19)20/h9-11,13,25H,3-8,18H2,1-2H3,(H,22,26)(H,23,28)(H,24,27)(H,29,30)(H4,19,20,21). The molecule has 0 aliphatic carbocycles. The minimum absolute atomic E-state index is 0.0743. The van der Waals surface area contributed by atoms with Gasteiger partial charge < -0.3 is 43.4 Å². The molecule has 0 aromatic rings. The van der Waals surface area contributed by atoms with Crippen molar-refractivity contribution < 1.29 is 29.4 Å².